The molecule has 0 heterocycles. The van der Waals surface area contributed by atoms with Gasteiger partial charge in [-0.2, -0.15) is 0 Å². The van der Waals surface area contributed by atoms with Crippen molar-refractivity contribution in [2.24, 2.45) is 0 Å². The van der Waals surface area contributed by atoms with Crippen molar-refractivity contribution in [3.8, 4) is 11.1 Å². The summed E-state index contributed by atoms with van der Waals surface area (Å²) in [5.74, 6) is 0. The standard InChI is InChI=1S/C20H21.C2H7OSi.2ClH.Zr/c1-3-4-6-16-9-11-17(12-10-16)19-8-5-7-18-13-15(2)14-20(18)19;1-4(2)3;;;/h5,7-14H,3-4,6H2,1-2H3;4H,1-2H3;2*1H;/q;-1;;;+3/p-2. The Bertz CT molecular complexity index is 759. The van der Waals surface area contributed by atoms with Gasteiger partial charge in [-0.05, 0) is 0 Å². The molecule has 1 atom stereocenters. The first-order valence-electron chi connectivity index (χ1n) is 9.41. The van der Waals surface area contributed by atoms with Crippen LogP contribution in [0.2, 0.25) is 13.1 Å². The Balaban J connectivity index is 0.00000182. The van der Waals surface area contributed by atoms with Gasteiger partial charge in [-0.1, -0.05) is 0 Å². The van der Waals surface area contributed by atoms with Gasteiger partial charge in [0.1, 0.15) is 0 Å². The minimum Gasteiger partial charge on any atom is -1.00 e. The zero-order valence-electron chi connectivity index (χ0n) is 16.6. The molecule has 0 saturated heterocycles. The van der Waals surface area contributed by atoms with E-state index >= 15 is 0 Å². The molecule has 1 aliphatic rings. The van der Waals surface area contributed by atoms with Crippen molar-refractivity contribution >= 4 is 15.1 Å². The molecule has 0 radical (unpaired) electrons. The summed E-state index contributed by atoms with van der Waals surface area (Å²) in [6, 6.07) is 16.0. The molecule has 27 heavy (non-hydrogen) atoms. The molecule has 0 aliphatic heterocycles. The van der Waals surface area contributed by atoms with E-state index in [1.54, 1.807) is 0 Å². The summed E-state index contributed by atoms with van der Waals surface area (Å²) in [4.78, 5) is 0. The Labute approximate surface area is 190 Å². The predicted molar refractivity (Wildman–Crippen MR) is 107 cm³/mol. The fourth-order valence-corrected chi connectivity index (χ4v) is 8.41. The Hall–Kier alpha value is -0.180. The van der Waals surface area contributed by atoms with Crippen molar-refractivity contribution in [1.29, 1.82) is 0 Å². The first-order chi connectivity index (χ1) is 12.1. The largest absolute Gasteiger partial charge is 1.00 e. The summed E-state index contributed by atoms with van der Waals surface area (Å²) in [6.45, 7) is 9.11. The summed E-state index contributed by atoms with van der Waals surface area (Å²) < 4.78 is 6.81. The van der Waals surface area contributed by atoms with Gasteiger partial charge >= 0.3 is 167 Å². The maximum absolute atomic E-state index is 6.22. The van der Waals surface area contributed by atoms with E-state index in [-0.39, 0.29) is 24.8 Å². The van der Waals surface area contributed by atoms with E-state index < -0.39 is 32.7 Å². The molecule has 1 aliphatic carbocycles. The molecule has 2 aromatic carbocycles. The molecule has 0 fully saturated rings. The van der Waals surface area contributed by atoms with Gasteiger partial charge in [-0.3, -0.25) is 0 Å². The number of halogens is 2. The van der Waals surface area contributed by atoms with Crippen LogP contribution in [-0.4, -0.2) is 9.04 Å². The van der Waals surface area contributed by atoms with E-state index in [1.165, 1.54) is 52.7 Å². The number of hydrogen-bond acceptors (Lipinski definition) is 1. The van der Waals surface area contributed by atoms with Gasteiger partial charge in [-0.15, -0.1) is 0 Å². The second kappa shape index (κ2) is 11.7. The average molecular weight is 499 g/mol. The minimum atomic E-state index is -0.907. The molecule has 2 aromatic rings. The summed E-state index contributed by atoms with van der Waals surface area (Å²) in [6.07, 6.45) is 6.13. The van der Waals surface area contributed by atoms with Crippen LogP contribution < -0.4 is 24.8 Å². The van der Waals surface area contributed by atoms with E-state index in [1.807, 2.05) is 0 Å². The van der Waals surface area contributed by atoms with Crippen molar-refractivity contribution in [3.05, 3.63) is 64.7 Å². The van der Waals surface area contributed by atoms with E-state index in [0.717, 1.165) is 0 Å². The van der Waals surface area contributed by atoms with Crippen LogP contribution in [0.15, 0.2) is 48.0 Å². The van der Waals surface area contributed by atoms with Gasteiger partial charge in [0.15, 0.2) is 0 Å². The fraction of sp³-hybridized carbons (Fsp3) is 0.364. The number of hydrogen-bond donors (Lipinski definition) is 0. The number of aryl methyl sites for hydroxylation is 1. The second-order valence-corrected chi connectivity index (χ2v) is 13.3. The quantitative estimate of drug-likeness (QED) is 0.495. The van der Waals surface area contributed by atoms with Crippen LogP contribution in [0.3, 0.4) is 0 Å². The first-order valence-corrected chi connectivity index (χ1v) is 14.6. The maximum Gasteiger partial charge on any atom is -1.00 e. The number of rotatable bonds is 7. The summed E-state index contributed by atoms with van der Waals surface area (Å²) in [5, 5.41) is 0. The second-order valence-electron chi connectivity index (χ2n) is 7.21. The minimum absolute atomic E-state index is 0. The van der Waals surface area contributed by atoms with E-state index in [2.05, 4.69) is 75.5 Å². The van der Waals surface area contributed by atoms with Crippen LogP contribution in [0.4, 0.5) is 0 Å². The molecule has 0 amide bonds. The van der Waals surface area contributed by atoms with Gasteiger partial charge in [-0.25, -0.2) is 0 Å². The topological polar surface area (TPSA) is 9.23 Å². The molecule has 1 unspecified atom stereocenters. The third-order valence-electron chi connectivity index (χ3n) is 4.78. The Morgan fingerprint density at radius 3 is 2.37 bits per heavy atom. The van der Waals surface area contributed by atoms with Crippen LogP contribution in [0.25, 0.3) is 17.2 Å². The number of unbranched alkanes of at least 4 members (excludes halogenated alkanes) is 1. The SMILES string of the molecule is CCCCc1ccc(-c2cccc3c2C=C(C)[CH]3[Zr+2][O][SiH](C)C)cc1.[Cl-].[Cl-]. The molecule has 0 spiro atoms. The maximum atomic E-state index is 6.22. The summed E-state index contributed by atoms with van der Waals surface area (Å²) >= 11 is -0.840. The molecule has 1 nitrogen and oxygen atoms in total. The smallest absolute Gasteiger partial charge is 1.00 e. The van der Waals surface area contributed by atoms with Crippen LogP contribution in [0.1, 0.15) is 47.0 Å². The molecule has 0 N–H and O–H groups in total. The molecular weight excluding hydrogens is 470 g/mol. The monoisotopic (exact) mass is 496 g/mol. The molecule has 5 heteroatoms. The van der Waals surface area contributed by atoms with Crippen molar-refractivity contribution in [1.82, 2.24) is 0 Å². The molecule has 0 aromatic heterocycles. The van der Waals surface area contributed by atoms with Crippen LogP contribution in [0, 0.1) is 0 Å². The normalized spacial score (nSPS) is 14.7. The van der Waals surface area contributed by atoms with E-state index in [9.17, 15) is 0 Å². The Kier molecular flexibility index (Phi) is 10.8. The third-order valence-corrected chi connectivity index (χ3v) is 12.3. The molecule has 144 valence electrons. The van der Waals surface area contributed by atoms with Gasteiger partial charge in [0, 0.05) is 0 Å². The number of allylic oxidation sites excluding steroid dienone is 1. The molecule has 3 rings (SSSR count). The molecule has 0 bridgehead atoms. The summed E-state index contributed by atoms with van der Waals surface area (Å²) in [7, 11) is -0.907. The first kappa shape index (κ1) is 24.9. The van der Waals surface area contributed by atoms with Crippen molar-refractivity contribution in [2.45, 2.75) is 49.8 Å². The van der Waals surface area contributed by atoms with Gasteiger partial charge in [0.05, 0.1) is 0 Å². The summed E-state index contributed by atoms with van der Waals surface area (Å²) in [5.41, 5.74) is 8.61. The van der Waals surface area contributed by atoms with Crippen molar-refractivity contribution < 1.29 is 51.0 Å². The average Bonchev–Trinajstić information content (AvgIpc) is 2.93. The van der Waals surface area contributed by atoms with Gasteiger partial charge in [0.2, 0.25) is 0 Å². The van der Waals surface area contributed by atoms with Gasteiger partial charge in [0.25, 0.3) is 0 Å². The van der Waals surface area contributed by atoms with Crippen molar-refractivity contribution in [3.63, 3.8) is 0 Å². The Morgan fingerprint density at radius 1 is 1.04 bits per heavy atom. The van der Waals surface area contributed by atoms with Crippen LogP contribution >= 0.6 is 0 Å². The third kappa shape index (κ3) is 6.15. The van der Waals surface area contributed by atoms with Crippen LogP contribution in [0.5, 0.6) is 0 Å². The van der Waals surface area contributed by atoms with E-state index in [0.29, 0.717) is 3.63 Å². The number of benzene rings is 2. The van der Waals surface area contributed by atoms with Crippen LogP contribution in [-0.2, 0) is 32.6 Å². The molecular formula is C22H28Cl2OSiZr. The zero-order valence-corrected chi connectivity index (χ0v) is 21.7. The number of fused-ring (bicyclic) bond motifs is 1. The van der Waals surface area contributed by atoms with Gasteiger partial charge < -0.3 is 24.8 Å². The predicted octanol–water partition coefficient (Wildman–Crippen LogP) is 0.160. The van der Waals surface area contributed by atoms with Crippen molar-refractivity contribution in [2.75, 3.05) is 0 Å². The molecule has 0 saturated carbocycles. The Morgan fingerprint density at radius 2 is 1.74 bits per heavy atom. The zero-order chi connectivity index (χ0) is 17.8. The van der Waals surface area contributed by atoms with E-state index in [4.69, 9.17) is 2.50 Å². The fourth-order valence-electron chi connectivity index (χ4n) is 3.40.